The molecule has 0 unspecified atom stereocenters. The van der Waals surface area contributed by atoms with Crippen molar-refractivity contribution < 1.29 is 4.39 Å². The summed E-state index contributed by atoms with van der Waals surface area (Å²) in [7, 11) is 4.04. The van der Waals surface area contributed by atoms with Crippen molar-refractivity contribution >= 4 is 5.82 Å². The van der Waals surface area contributed by atoms with Crippen LogP contribution in [0, 0.1) is 5.82 Å². The molecule has 0 saturated carbocycles. The van der Waals surface area contributed by atoms with Gasteiger partial charge >= 0.3 is 0 Å². The molecule has 0 fully saturated rings. The minimum Gasteiger partial charge on any atom is -0.367 e. The molecule has 5 heteroatoms. The van der Waals surface area contributed by atoms with Crippen LogP contribution in [0.15, 0.2) is 36.4 Å². The second kappa shape index (κ2) is 6.24. The zero-order valence-electron chi connectivity index (χ0n) is 11.1. The van der Waals surface area contributed by atoms with Gasteiger partial charge in [-0.15, -0.1) is 10.2 Å². The molecular formula is C14H17FN4. The van der Waals surface area contributed by atoms with Crippen molar-refractivity contribution in [2.24, 2.45) is 0 Å². The zero-order chi connectivity index (χ0) is 13.7. The zero-order valence-corrected chi connectivity index (χ0v) is 11.1. The van der Waals surface area contributed by atoms with Crippen molar-refractivity contribution in [3.8, 4) is 11.3 Å². The van der Waals surface area contributed by atoms with Gasteiger partial charge in [-0.05, 0) is 50.5 Å². The van der Waals surface area contributed by atoms with Crippen molar-refractivity contribution in [3.05, 3.63) is 42.2 Å². The van der Waals surface area contributed by atoms with Crippen LogP contribution in [-0.2, 0) is 0 Å². The Morgan fingerprint density at radius 1 is 1.05 bits per heavy atom. The summed E-state index contributed by atoms with van der Waals surface area (Å²) in [6.07, 6.45) is 0. The third-order valence-electron chi connectivity index (χ3n) is 2.67. The van der Waals surface area contributed by atoms with Gasteiger partial charge in [0.15, 0.2) is 0 Å². The minimum atomic E-state index is -0.251. The van der Waals surface area contributed by atoms with Gasteiger partial charge in [-0.3, -0.25) is 0 Å². The number of halogens is 1. The molecule has 0 radical (unpaired) electrons. The molecule has 1 aromatic carbocycles. The molecule has 1 N–H and O–H groups in total. The van der Waals surface area contributed by atoms with E-state index in [1.807, 2.05) is 26.2 Å². The van der Waals surface area contributed by atoms with E-state index in [0.717, 1.165) is 30.2 Å². The van der Waals surface area contributed by atoms with E-state index >= 15 is 0 Å². The average molecular weight is 260 g/mol. The normalized spacial score (nSPS) is 10.7. The van der Waals surface area contributed by atoms with Crippen molar-refractivity contribution in [2.75, 3.05) is 32.5 Å². The maximum atomic E-state index is 12.8. The first-order valence-corrected chi connectivity index (χ1v) is 6.13. The maximum Gasteiger partial charge on any atom is 0.148 e. The van der Waals surface area contributed by atoms with Gasteiger partial charge in [-0.1, -0.05) is 0 Å². The highest BCUT2D eigenvalue weighted by molar-refractivity contribution is 5.59. The third-order valence-corrected chi connectivity index (χ3v) is 2.67. The number of likely N-dealkylation sites (N-methyl/N-ethyl adjacent to an activating group) is 1. The van der Waals surface area contributed by atoms with Crippen molar-refractivity contribution in [2.45, 2.75) is 0 Å². The molecule has 0 amide bonds. The van der Waals surface area contributed by atoms with Crippen LogP contribution >= 0.6 is 0 Å². The van der Waals surface area contributed by atoms with Gasteiger partial charge < -0.3 is 10.2 Å². The number of benzene rings is 1. The predicted molar refractivity (Wildman–Crippen MR) is 74.5 cm³/mol. The molecule has 19 heavy (non-hydrogen) atoms. The molecule has 1 heterocycles. The van der Waals surface area contributed by atoms with Gasteiger partial charge in [0.25, 0.3) is 0 Å². The van der Waals surface area contributed by atoms with Crippen LogP contribution in [-0.4, -0.2) is 42.3 Å². The van der Waals surface area contributed by atoms with Gasteiger partial charge in [-0.25, -0.2) is 4.39 Å². The fourth-order valence-electron chi connectivity index (χ4n) is 1.61. The van der Waals surface area contributed by atoms with Crippen LogP contribution < -0.4 is 5.32 Å². The van der Waals surface area contributed by atoms with Crippen molar-refractivity contribution in [1.29, 1.82) is 0 Å². The number of nitrogens with zero attached hydrogens (tertiary/aromatic N) is 3. The largest absolute Gasteiger partial charge is 0.367 e. The molecule has 0 saturated heterocycles. The minimum absolute atomic E-state index is 0.251. The lowest BCUT2D eigenvalue weighted by atomic mass is 10.1. The Morgan fingerprint density at radius 3 is 2.37 bits per heavy atom. The maximum absolute atomic E-state index is 12.8. The number of hydrogen-bond donors (Lipinski definition) is 1. The Labute approximate surface area is 112 Å². The first-order valence-electron chi connectivity index (χ1n) is 6.13. The smallest absolute Gasteiger partial charge is 0.148 e. The summed E-state index contributed by atoms with van der Waals surface area (Å²) in [4.78, 5) is 2.09. The third kappa shape index (κ3) is 3.99. The Hall–Kier alpha value is -2.01. The molecule has 0 bridgehead atoms. The fourth-order valence-corrected chi connectivity index (χ4v) is 1.61. The number of aromatic nitrogens is 2. The van der Waals surface area contributed by atoms with Crippen LogP contribution in [0.5, 0.6) is 0 Å². The summed E-state index contributed by atoms with van der Waals surface area (Å²) in [6, 6.07) is 9.97. The monoisotopic (exact) mass is 260 g/mol. The summed E-state index contributed by atoms with van der Waals surface area (Å²) in [5.41, 5.74) is 1.59. The molecule has 0 atom stereocenters. The van der Waals surface area contributed by atoms with E-state index in [1.165, 1.54) is 12.1 Å². The predicted octanol–water partition coefficient (Wildman–Crippen LogP) is 2.26. The van der Waals surface area contributed by atoms with E-state index in [2.05, 4.69) is 20.4 Å². The quantitative estimate of drug-likeness (QED) is 0.895. The highest BCUT2D eigenvalue weighted by Crippen LogP contribution is 2.17. The molecule has 0 aliphatic heterocycles. The van der Waals surface area contributed by atoms with Crippen LogP contribution in [0.4, 0.5) is 10.2 Å². The summed E-state index contributed by atoms with van der Waals surface area (Å²) >= 11 is 0. The van der Waals surface area contributed by atoms with Crippen LogP contribution in [0.3, 0.4) is 0 Å². The number of hydrogen-bond acceptors (Lipinski definition) is 4. The topological polar surface area (TPSA) is 41.0 Å². The average Bonchev–Trinajstić information content (AvgIpc) is 2.40. The van der Waals surface area contributed by atoms with E-state index in [1.54, 1.807) is 12.1 Å². The van der Waals surface area contributed by atoms with Crippen LogP contribution in [0.2, 0.25) is 0 Å². The molecular weight excluding hydrogens is 243 g/mol. The molecule has 4 nitrogen and oxygen atoms in total. The molecule has 1 aromatic heterocycles. The van der Waals surface area contributed by atoms with Crippen molar-refractivity contribution in [3.63, 3.8) is 0 Å². The Bertz CT molecular complexity index is 508. The fraction of sp³-hybridized carbons (Fsp3) is 0.286. The molecule has 2 aromatic rings. The lowest BCUT2D eigenvalue weighted by Crippen LogP contribution is -2.21. The molecule has 2 rings (SSSR count). The van der Waals surface area contributed by atoms with E-state index in [-0.39, 0.29) is 5.82 Å². The molecule has 0 aliphatic carbocycles. The van der Waals surface area contributed by atoms with Gasteiger partial charge in [0.2, 0.25) is 0 Å². The lowest BCUT2D eigenvalue weighted by molar-refractivity contribution is 0.425. The standard InChI is InChI=1S/C14H17FN4/c1-19(2)10-9-16-14-8-7-13(17-18-14)11-3-5-12(15)6-4-11/h3-8H,9-10H2,1-2H3,(H,16,18). The summed E-state index contributed by atoms with van der Waals surface area (Å²) in [5.74, 6) is 0.492. The number of anilines is 1. The SMILES string of the molecule is CN(C)CCNc1ccc(-c2ccc(F)cc2)nn1. The Morgan fingerprint density at radius 2 is 1.79 bits per heavy atom. The van der Waals surface area contributed by atoms with Crippen LogP contribution in [0.1, 0.15) is 0 Å². The first kappa shape index (κ1) is 13.4. The van der Waals surface area contributed by atoms with Gasteiger partial charge in [0.05, 0.1) is 5.69 Å². The van der Waals surface area contributed by atoms with E-state index in [9.17, 15) is 4.39 Å². The number of rotatable bonds is 5. The molecule has 100 valence electrons. The number of nitrogens with one attached hydrogen (secondary N) is 1. The van der Waals surface area contributed by atoms with E-state index in [0.29, 0.717) is 0 Å². The second-order valence-corrected chi connectivity index (χ2v) is 4.54. The molecule has 0 aliphatic rings. The summed E-state index contributed by atoms with van der Waals surface area (Å²) in [5, 5.41) is 11.4. The highest BCUT2D eigenvalue weighted by atomic mass is 19.1. The van der Waals surface area contributed by atoms with Gasteiger partial charge in [-0.2, -0.15) is 0 Å². The summed E-state index contributed by atoms with van der Waals surface area (Å²) < 4.78 is 12.8. The Kier molecular flexibility index (Phi) is 4.41. The highest BCUT2D eigenvalue weighted by Gasteiger charge is 2.01. The van der Waals surface area contributed by atoms with Crippen molar-refractivity contribution in [1.82, 2.24) is 15.1 Å². The first-order chi connectivity index (χ1) is 9.15. The van der Waals surface area contributed by atoms with Gasteiger partial charge in [0.1, 0.15) is 11.6 Å². The second-order valence-electron chi connectivity index (χ2n) is 4.54. The van der Waals surface area contributed by atoms with Crippen LogP contribution in [0.25, 0.3) is 11.3 Å². The van der Waals surface area contributed by atoms with Gasteiger partial charge in [0, 0.05) is 18.7 Å². The lowest BCUT2D eigenvalue weighted by Gasteiger charge is -2.10. The molecule has 0 spiro atoms. The van der Waals surface area contributed by atoms with E-state index < -0.39 is 0 Å². The summed E-state index contributed by atoms with van der Waals surface area (Å²) in [6.45, 7) is 1.75. The van der Waals surface area contributed by atoms with E-state index in [4.69, 9.17) is 0 Å². The Balaban J connectivity index is 2.00.